The number of aliphatic hydroxyl groups excluding tert-OH is 4. The van der Waals surface area contributed by atoms with Crippen molar-refractivity contribution in [2.75, 3.05) is 6.61 Å². The fourth-order valence-electron chi connectivity index (χ4n) is 3.62. The largest absolute Gasteiger partial charge is 0.508 e. The molecule has 1 aliphatic carbocycles. The molecule has 1 aromatic rings. The van der Waals surface area contributed by atoms with Gasteiger partial charge in [0.1, 0.15) is 24.1 Å². The number of hydrogen-bond acceptors (Lipinski definition) is 9. The van der Waals surface area contributed by atoms with E-state index in [2.05, 4.69) is 0 Å². The second-order valence-electron chi connectivity index (χ2n) is 7.56. The van der Waals surface area contributed by atoms with E-state index in [9.17, 15) is 30.3 Å². The van der Waals surface area contributed by atoms with E-state index in [-0.39, 0.29) is 5.75 Å². The van der Waals surface area contributed by atoms with Crippen LogP contribution in [0.3, 0.4) is 0 Å². The molecule has 166 valence electrons. The van der Waals surface area contributed by atoms with Gasteiger partial charge in [-0.2, -0.15) is 0 Å². The molecule has 1 heterocycles. The van der Waals surface area contributed by atoms with Crippen molar-refractivity contribution in [2.24, 2.45) is 0 Å². The first-order valence-corrected chi connectivity index (χ1v) is 10.0. The highest BCUT2D eigenvalue weighted by molar-refractivity contribution is 5.87. The van der Waals surface area contributed by atoms with Gasteiger partial charge >= 0.3 is 5.97 Å². The van der Waals surface area contributed by atoms with Crippen molar-refractivity contribution in [1.82, 2.24) is 0 Å². The van der Waals surface area contributed by atoms with Gasteiger partial charge in [-0.1, -0.05) is 25.0 Å². The normalized spacial score (nSPS) is 34.7. The van der Waals surface area contributed by atoms with Crippen molar-refractivity contribution in [2.45, 2.75) is 68.6 Å². The number of aromatic hydroxyl groups is 1. The van der Waals surface area contributed by atoms with Crippen molar-refractivity contribution in [1.29, 1.82) is 0 Å². The minimum Gasteiger partial charge on any atom is -0.508 e. The van der Waals surface area contributed by atoms with Crippen molar-refractivity contribution in [3.63, 3.8) is 0 Å². The molecule has 0 radical (unpaired) electrons. The van der Waals surface area contributed by atoms with Crippen LogP contribution in [0.15, 0.2) is 30.3 Å². The zero-order valence-electron chi connectivity index (χ0n) is 16.4. The lowest BCUT2D eigenvalue weighted by atomic mass is 9.94. The smallest absolute Gasteiger partial charge is 0.331 e. The van der Waals surface area contributed by atoms with Crippen molar-refractivity contribution < 1.29 is 44.5 Å². The van der Waals surface area contributed by atoms with Crippen LogP contribution in [0.4, 0.5) is 0 Å². The molecule has 3 rings (SSSR count). The Balaban J connectivity index is 1.70. The highest BCUT2D eigenvalue weighted by Gasteiger charge is 2.48. The average molecular weight is 424 g/mol. The second-order valence-corrected chi connectivity index (χ2v) is 7.56. The summed E-state index contributed by atoms with van der Waals surface area (Å²) in [6, 6.07) is 6.14. The van der Waals surface area contributed by atoms with E-state index in [1.807, 2.05) is 0 Å². The minimum atomic E-state index is -1.55. The molecular weight excluding hydrogens is 396 g/mol. The summed E-state index contributed by atoms with van der Waals surface area (Å²) in [5.74, 6) is -0.710. The Kier molecular flexibility index (Phi) is 7.81. The van der Waals surface area contributed by atoms with Gasteiger partial charge in [0.25, 0.3) is 0 Å². The Bertz CT molecular complexity index is 720. The topological polar surface area (TPSA) is 146 Å². The molecule has 0 unspecified atom stereocenters. The SMILES string of the molecule is O=C(/C=C\c1ccc(O)cc1)O[C@@H]1[C@H](O[C@H]2CCCC[C@@H]2O)O[C@H](CO)[C@@H](O)[C@H]1O. The molecule has 2 fully saturated rings. The molecular formula is C21H28O9. The first-order valence-electron chi connectivity index (χ1n) is 10.0. The molecule has 9 nitrogen and oxygen atoms in total. The van der Waals surface area contributed by atoms with Gasteiger partial charge in [0.15, 0.2) is 12.4 Å². The molecule has 7 atom stereocenters. The molecule has 0 amide bonds. The third-order valence-electron chi connectivity index (χ3n) is 5.36. The Morgan fingerprint density at radius 3 is 2.47 bits per heavy atom. The van der Waals surface area contributed by atoms with E-state index >= 15 is 0 Å². The van der Waals surface area contributed by atoms with Crippen LogP contribution in [0.5, 0.6) is 5.75 Å². The lowest BCUT2D eigenvalue weighted by molar-refractivity contribution is -0.320. The van der Waals surface area contributed by atoms with Crippen LogP contribution in [0.2, 0.25) is 0 Å². The van der Waals surface area contributed by atoms with E-state index in [0.717, 1.165) is 18.9 Å². The van der Waals surface area contributed by atoms with E-state index in [4.69, 9.17) is 14.2 Å². The maximum atomic E-state index is 12.3. The number of rotatable bonds is 6. The van der Waals surface area contributed by atoms with Gasteiger partial charge in [-0.05, 0) is 36.6 Å². The molecule has 1 aliphatic heterocycles. The summed E-state index contributed by atoms with van der Waals surface area (Å²) in [7, 11) is 0. The number of benzene rings is 1. The van der Waals surface area contributed by atoms with Gasteiger partial charge in [-0.15, -0.1) is 0 Å². The van der Waals surface area contributed by atoms with Crippen LogP contribution in [0, 0.1) is 0 Å². The molecule has 1 saturated heterocycles. The second kappa shape index (κ2) is 10.3. The summed E-state index contributed by atoms with van der Waals surface area (Å²) in [5, 5.41) is 49.5. The molecule has 1 saturated carbocycles. The summed E-state index contributed by atoms with van der Waals surface area (Å²) in [4.78, 5) is 12.3. The number of ether oxygens (including phenoxy) is 3. The van der Waals surface area contributed by atoms with Crippen LogP contribution < -0.4 is 0 Å². The van der Waals surface area contributed by atoms with Crippen LogP contribution in [0.25, 0.3) is 6.08 Å². The molecule has 1 aromatic carbocycles. The number of aliphatic hydroxyl groups is 4. The standard InChI is InChI=1S/C21H28O9/c22-11-16-18(26)19(27)20(21(29-16)28-15-4-2-1-3-14(15)24)30-17(25)10-7-12-5-8-13(23)9-6-12/h5-10,14-16,18-24,26-27H,1-4,11H2/b10-7-/t14-,15-,16+,18+,19+,20-,21+/m0/s1. The van der Waals surface area contributed by atoms with E-state index < -0.39 is 55.5 Å². The first-order chi connectivity index (χ1) is 14.4. The molecule has 0 spiro atoms. The maximum Gasteiger partial charge on any atom is 0.331 e. The van der Waals surface area contributed by atoms with E-state index in [1.165, 1.54) is 18.2 Å². The molecule has 2 aliphatic rings. The lowest BCUT2D eigenvalue weighted by Gasteiger charge is -2.43. The maximum absolute atomic E-state index is 12.3. The highest BCUT2D eigenvalue weighted by Crippen LogP contribution is 2.29. The molecule has 30 heavy (non-hydrogen) atoms. The van der Waals surface area contributed by atoms with Crippen molar-refractivity contribution >= 4 is 12.0 Å². The number of carbonyl (C=O) groups is 1. The summed E-state index contributed by atoms with van der Waals surface area (Å²) < 4.78 is 16.6. The summed E-state index contributed by atoms with van der Waals surface area (Å²) in [6.45, 7) is -0.563. The van der Waals surface area contributed by atoms with Crippen LogP contribution in [-0.4, -0.2) is 81.0 Å². The molecule has 0 aromatic heterocycles. The Morgan fingerprint density at radius 1 is 1.10 bits per heavy atom. The number of phenolic OH excluding ortho intramolecular Hbond substituents is 1. The van der Waals surface area contributed by atoms with Crippen LogP contribution in [0.1, 0.15) is 31.2 Å². The number of hydrogen-bond donors (Lipinski definition) is 5. The van der Waals surface area contributed by atoms with Gasteiger partial charge in [0.05, 0.1) is 18.8 Å². The fourth-order valence-corrected chi connectivity index (χ4v) is 3.62. The average Bonchev–Trinajstić information content (AvgIpc) is 2.74. The van der Waals surface area contributed by atoms with Crippen LogP contribution >= 0.6 is 0 Å². The Morgan fingerprint density at radius 2 is 1.80 bits per heavy atom. The summed E-state index contributed by atoms with van der Waals surface area (Å²) in [6.07, 6.45) is -2.59. The fraction of sp³-hybridized carbons (Fsp3) is 0.571. The third kappa shape index (κ3) is 5.57. The summed E-state index contributed by atoms with van der Waals surface area (Å²) in [5.41, 5.74) is 0.642. The third-order valence-corrected chi connectivity index (χ3v) is 5.36. The van der Waals surface area contributed by atoms with Crippen molar-refractivity contribution in [3.8, 4) is 5.75 Å². The van der Waals surface area contributed by atoms with Gasteiger partial charge in [-0.25, -0.2) is 4.79 Å². The van der Waals surface area contributed by atoms with Gasteiger partial charge in [0, 0.05) is 6.08 Å². The van der Waals surface area contributed by atoms with Gasteiger partial charge in [0.2, 0.25) is 0 Å². The quantitative estimate of drug-likeness (QED) is 0.316. The van der Waals surface area contributed by atoms with E-state index in [1.54, 1.807) is 12.1 Å². The first kappa shape index (κ1) is 22.7. The van der Waals surface area contributed by atoms with E-state index in [0.29, 0.717) is 18.4 Å². The Hall–Kier alpha value is -2.01. The number of esters is 1. The van der Waals surface area contributed by atoms with Crippen LogP contribution in [-0.2, 0) is 19.0 Å². The van der Waals surface area contributed by atoms with Gasteiger partial charge in [-0.3, -0.25) is 0 Å². The zero-order chi connectivity index (χ0) is 21.7. The highest BCUT2D eigenvalue weighted by atomic mass is 16.7. The van der Waals surface area contributed by atoms with Crippen molar-refractivity contribution in [3.05, 3.63) is 35.9 Å². The molecule has 5 N–H and O–H groups in total. The predicted octanol–water partition coefficient (Wildman–Crippen LogP) is 0.0763. The molecule has 0 bridgehead atoms. The lowest BCUT2D eigenvalue weighted by Crippen LogP contribution is -2.61. The predicted molar refractivity (Wildman–Crippen MR) is 104 cm³/mol. The molecule has 9 heteroatoms. The zero-order valence-corrected chi connectivity index (χ0v) is 16.4. The summed E-state index contributed by atoms with van der Waals surface area (Å²) >= 11 is 0. The minimum absolute atomic E-state index is 0.0921. The number of phenols is 1. The number of carbonyl (C=O) groups excluding carboxylic acids is 1. The van der Waals surface area contributed by atoms with Gasteiger partial charge < -0.3 is 39.7 Å². The monoisotopic (exact) mass is 424 g/mol. The Labute approximate surface area is 174 Å².